The Balaban J connectivity index is 2.14. The summed E-state index contributed by atoms with van der Waals surface area (Å²) in [7, 11) is 0. The van der Waals surface area contributed by atoms with Gasteiger partial charge in [-0.25, -0.2) is 9.97 Å². The SMILES string of the molecule is Nc1ccnc(C2CCCOC2)n1. The van der Waals surface area contributed by atoms with E-state index in [0.29, 0.717) is 11.7 Å². The average molecular weight is 179 g/mol. The molecule has 1 aliphatic rings. The molecule has 2 heterocycles. The maximum atomic E-state index is 5.57. The van der Waals surface area contributed by atoms with Gasteiger partial charge in [-0.15, -0.1) is 0 Å². The molecule has 2 N–H and O–H groups in total. The van der Waals surface area contributed by atoms with Gasteiger partial charge in [-0.1, -0.05) is 0 Å². The smallest absolute Gasteiger partial charge is 0.136 e. The van der Waals surface area contributed by atoms with Gasteiger partial charge in [0.2, 0.25) is 0 Å². The van der Waals surface area contributed by atoms with Crippen LogP contribution in [0.2, 0.25) is 0 Å². The third kappa shape index (κ3) is 1.95. The van der Waals surface area contributed by atoms with E-state index in [1.54, 1.807) is 12.3 Å². The summed E-state index contributed by atoms with van der Waals surface area (Å²) < 4.78 is 5.36. The van der Waals surface area contributed by atoms with Crippen LogP contribution in [0.3, 0.4) is 0 Å². The van der Waals surface area contributed by atoms with Gasteiger partial charge in [0.15, 0.2) is 0 Å². The van der Waals surface area contributed by atoms with Crippen LogP contribution >= 0.6 is 0 Å². The standard InChI is InChI=1S/C9H13N3O/c10-8-3-4-11-9(12-8)7-2-1-5-13-6-7/h3-4,7H,1-2,5-6H2,(H2,10,11,12). The van der Waals surface area contributed by atoms with E-state index in [4.69, 9.17) is 10.5 Å². The zero-order valence-electron chi connectivity index (χ0n) is 7.44. The van der Waals surface area contributed by atoms with E-state index in [0.717, 1.165) is 31.9 Å². The van der Waals surface area contributed by atoms with Crippen molar-refractivity contribution in [2.45, 2.75) is 18.8 Å². The highest BCUT2D eigenvalue weighted by molar-refractivity contribution is 5.25. The Morgan fingerprint density at radius 2 is 2.46 bits per heavy atom. The van der Waals surface area contributed by atoms with E-state index in [2.05, 4.69) is 9.97 Å². The highest BCUT2D eigenvalue weighted by Crippen LogP contribution is 2.22. The number of nitrogen functional groups attached to an aromatic ring is 1. The summed E-state index contributed by atoms with van der Waals surface area (Å²) in [6.45, 7) is 1.59. The van der Waals surface area contributed by atoms with Gasteiger partial charge in [0, 0.05) is 18.7 Å². The van der Waals surface area contributed by atoms with Crippen molar-refractivity contribution in [1.82, 2.24) is 9.97 Å². The maximum Gasteiger partial charge on any atom is 0.136 e. The molecule has 0 amide bonds. The molecule has 4 heteroatoms. The number of ether oxygens (including phenoxy) is 1. The third-order valence-corrected chi connectivity index (χ3v) is 2.22. The number of nitrogens with zero attached hydrogens (tertiary/aromatic N) is 2. The zero-order chi connectivity index (χ0) is 9.10. The van der Waals surface area contributed by atoms with Crippen molar-refractivity contribution in [2.75, 3.05) is 18.9 Å². The Hall–Kier alpha value is -1.16. The first-order chi connectivity index (χ1) is 6.36. The predicted molar refractivity (Wildman–Crippen MR) is 49.2 cm³/mol. The van der Waals surface area contributed by atoms with Crippen molar-refractivity contribution in [3.8, 4) is 0 Å². The number of nitrogens with two attached hydrogens (primary N) is 1. The van der Waals surface area contributed by atoms with Crippen molar-refractivity contribution in [1.29, 1.82) is 0 Å². The molecule has 2 rings (SSSR count). The van der Waals surface area contributed by atoms with Crippen molar-refractivity contribution in [2.24, 2.45) is 0 Å². The lowest BCUT2D eigenvalue weighted by Crippen LogP contribution is -2.18. The van der Waals surface area contributed by atoms with Crippen molar-refractivity contribution in [3.05, 3.63) is 18.1 Å². The lowest BCUT2D eigenvalue weighted by atomic mass is 10.0. The molecule has 4 nitrogen and oxygen atoms in total. The molecule has 1 saturated heterocycles. The van der Waals surface area contributed by atoms with Gasteiger partial charge in [-0.2, -0.15) is 0 Å². The summed E-state index contributed by atoms with van der Waals surface area (Å²) in [5.74, 6) is 1.69. The summed E-state index contributed by atoms with van der Waals surface area (Å²) in [5.41, 5.74) is 5.57. The van der Waals surface area contributed by atoms with E-state index < -0.39 is 0 Å². The molecule has 70 valence electrons. The lowest BCUT2D eigenvalue weighted by molar-refractivity contribution is 0.0781. The molecule has 1 atom stereocenters. The second-order valence-corrected chi connectivity index (χ2v) is 3.25. The molecular formula is C9H13N3O. The fourth-order valence-electron chi connectivity index (χ4n) is 1.53. The summed E-state index contributed by atoms with van der Waals surface area (Å²) in [5, 5.41) is 0. The molecule has 0 aliphatic carbocycles. The highest BCUT2D eigenvalue weighted by atomic mass is 16.5. The molecular weight excluding hydrogens is 166 g/mol. The van der Waals surface area contributed by atoms with E-state index in [9.17, 15) is 0 Å². The van der Waals surface area contributed by atoms with Gasteiger partial charge < -0.3 is 10.5 Å². The summed E-state index contributed by atoms with van der Waals surface area (Å²) >= 11 is 0. The molecule has 1 fully saturated rings. The molecule has 1 aliphatic heterocycles. The summed E-state index contributed by atoms with van der Waals surface area (Å²) in [6, 6.07) is 1.70. The third-order valence-electron chi connectivity index (χ3n) is 2.22. The fourth-order valence-corrected chi connectivity index (χ4v) is 1.53. The average Bonchev–Trinajstić information content (AvgIpc) is 2.19. The predicted octanol–water partition coefficient (Wildman–Crippen LogP) is 0.953. The first-order valence-corrected chi connectivity index (χ1v) is 4.52. The van der Waals surface area contributed by atoms with Crippen LogP contribution in [0.5, 0.6) is 0 Å². The van der Waals surface area contributed by atoms with Gasteiger partial charge in [-0.05, 0) is 18.9 Å². The molecule has 13 heavy (non-hydrogen) atoms. The van der Waals surface area contributed by atoms with Crippen LogP contribution in [0.4, 0.5) is 5.82 Å². The maximum absolute atomic E-state index is 5.57. The number of hydrogen-bond donors (Lipinski definition) is 1. The van der Waals surface area contributed by atoms with Crippen LogP contribution in [-0.2, 0) is 4.74 Å². The Morgan fingerprint density at radius 1 is 1.54 bits per heavy atom. The Morgan fingerprint density at radius 3 is 3.15 bits per heavy atom. The lowest BCUT2D eigenvalue weighted by Gasteiger charge is -2.20. The van der Waals surface area contributed by atoms with Gasteiger partial charge in [0.25, 0.3) is 0 Å². The molecule has 1 unspecified atom stereocenters. The van der Waals surface area contributed by atoms with E-state index in [1.165, 1.54) is 0 Å². The summed E-state index contributed by atoms with van der Waals surface area (Å²) in [6.07, 6.45) is 3.89. The highest BCUT2D eigenvalue weighted by Gasteiger charge is 2.18. The van der Waals surface area contributed by atoms with Crippen LogP contribution in [0.15, 0.2) is 12.3 Å². The minimum atomic E-state index is 0.331. The van der Waals surface area contributed by atoms with Gasteiger partial charge >= 0.3 is 0 Å². The number of hydrogen-bond acceptors (Lipinski definition) is 4. The quantitative estimate of drug-likeness (QED) is 0.697. The second kappa shape index (κ2) is 3.70. The topological polar surface area (TPSA) is 61.0 Å². The number of aromatic nitrogens is 2. The van der Waals surface area contributed by atoms with Crippen molar-refractivity contribution < 1.29 is 4.74 Å². The Bertz CT molecular complexity index is 284. The monoisotopic (exact) mass is 179 g/mol. The number of anilines is 1. The molecule has 0 saturated carbocycles. The fraction of sp³-hybridized carbons (Fsp3) is 0.556. The van der Waals surface area contributed by atoms with Gasteiger partial charge in [0.05, 0.1) is 6.61 Å². The van der Waals surface area contributed by atoms with E-state index >= 15 is 0 Å². The molecule has 0 aromatic carbocycles. The first kappa shape index (κ1) is 8.44. The molecule has 0 spiro atoms. The first-order valence-electron chi connectivity index (χ1n) is 4.52. The van der Waals surface area contributed by atoms with E-state index in [1.807, 2.05) is 0 Å². The van der Waals surface area contributed by atoms with Gasteiger partial charge in [0.1, 0.15) is 11.6 Å². The zero-order valence-corrected chi connectivity index (χ0v) is 7.44. The normalized spacial score (nSPS) is 22.9. The van der Waals surface area contributed by atoms with Crippen LogP contribution in [0.1, 0.15) is 24.6 Å². The van der Waals surface area contributed by atoms with Crippen LogP contribution in [0.25, 0.3) is 0 Å². The minimum Gasteiger partial charge on any atom is -0.384 e. The Labute approximate surface area is 77.1 Å². The van der Waals surface area contributed by atoms with E-state index in [-0.39, 0.29) is 0 Å². The van der Waals surface area contributed by atoms with Gasteiger partial charge in [-0.3, -0.25) is 0 Å². The van der Waals surface area contributed by atoms with Crippen LogP contribution < -0.4 is 5.73 Å². The largest absolute Gasteiger partial charge is 0.384 e. The van der Waals surface area contributed by atoms with Crippen molar-refractivity contribution in [3.63, 3.8) is 0 Å². The molecule has 0 radical (unpaired) electrons. The van der Waals surface area contributed by atoms with Crippen LogP contribution in [-0.4, -0.2) is 23.2 Å². The van der Waals surface area contributed by atoms with Crippen LogP contribution in [0, 0.1) is 0 Å². The number of rotatable bonds is 1. The van der Waals surface area contributed by atoms with Crippen molar-refractivity contribution >= 4 is 5.82 Å². The second-order valence-electron chi connectivity index (χ2n) is 3.25. The molecule has 0 bridgehead atoms. The minimum absolute atomic E-state index is 0.331. The Kier molecular flexibility index (Phi) is 2.40. The summed E-state index contributed by atoms with van der Waals surface area (Å²) in [4.78, 5) is 8.38. The molecule has 1 aromatic rings. The molecule has 1 aromatic heterocycles.